The molecule has 0 bridgehead atoms. The van der Waals surface area contributed by atoms with E-state index in [-0.39, 0.29) is 11.4 Å². The van der Waals surface area contributed by atoms with Crippen LogP contribution in [0.2, 0.25) is 0 Å². The van der Waals surface area contributed by atoms with Crippen molar-refractivity contribution in [1.82, 2.24) is 0 Å². The lowest BCUT2D eigenvalue weighted by Gasteiger charge is -2.25. The average Bonchev–Trinajstić information content (AvgIpc) is 2.47. The summed E-state index contributed by atoms with van der Waals surface area (Å²) in [6, 6.07) is 11.2. The predicted octanol–water partition coefficient (Wildman–Crippen LogP) is 5.01. The Kier molecular flexibility index (Phi) is 5.09. The number of halogens is 3. The Balaban J connectivity index is 2.45. The third-order valence-corrected chi connectivity index (χ3v) is 3.86. The van der Waals surface area contributed by atoms with Gasteiger partial charge in [0.25, 0.3) is 11.4 Å². The topological polar surface area (TPSA) is 86.3 Å². The van der Waals surface area contributed by atoms with Gasteiger partial charge in [-0.2, -0.15) is 0 Å². The van der Waals surface area contributed by atoms with Crippen molar-refractivity contribution in [2.24, 2.45) is 0 Å². The second-order valence-electron chi connectivity index (χ2n) is 4.67. The third-order valence-electron chi connectivity index (χ3n) is 3.20. The summed E-state index contributed by atoms with van der Waals surface area (Å²) < 4.78 is -1.73. The van der Waals surface area contributed by atoms with Crippen LogP contribution in [0.25, 0.3) is 0 Å². The first-order chi connectivity index (χ1) is 10.7. The number of non-ortho nitro benzene ring substituents is 2. The van der Waals surface area contributed by atoms with E-state index in [4.69, 9.17) is 34.8 Å². The van der Waals surface area contributed by atoms with Crippen LogP contribution in [0.1, 0.15) is 17.0 Å². The van der Waals surface area contributed by atoms with Crippen molar-refractivity contribution >= 4 is 46.2 Å². The van der Waals surface area contributed by atoms with Gasteiger partial charge in [-0.1, -0.05) is 59.1 Å². The minimum absolute atomic E-state index is 0.0829. The van der Waals surface area contributed by atoms with Gasteiger partial charge in [-0.05, 0) is 11.1 Å². The summed E-state index contributed by atoms with van der Waals surface area (Å²) in [4.78, 5) is 20.4. The molecule has 2 aromatic rings. The smallest absolute Gasteiger partial charge is 0.258 e. The fourth-order valence-electron chi connectivity index (χ4n) is 2.15. The van der Waals surface area contributed by atoms with E-state index < -0.39 is 19.6 Å². The number of nitrogens with zero attached hydrogens (tertiary/aromatic N) is 2. The van der Waals surface area contributed by atoms with Crippen LogP contribution in [-0.2, 0) is 0 Å². The zero-order valence-electron chi connectivity index (χ0n) is 11.4. The highest BCUT2D eigenvalue weighted by Gasteiger charge is 2.35. The fraction of sp³-hybridized carbons (Fsp3) is 0.143. The summed E-state index contributed by atoms with van der Waals surface area (Å²) in [5.41, 5.74) is 0.926. The Morgan fingerprint density at radius 3 is 1.26 bits per heavy atom. The predicted molar refractivity (Wildman–Crippen MR) is 88.3 cm³/mol. The summed E-state index contributed by atoms with van der Waals surface area (Å²) in [6.07, 6.45) is 0. The van der Waals surface area contributed by atoms with Gasteiger partial charge in [0.1, 0.15) is 0 Å². The van der Waals surface area contributed by atoms with Crippen LogP contribution in [0, 0.1) is 20.2 Å². The second-order valence-corrected chi connectivity index (χ2v) is 7.04. The Hall–Kier alpha value is -1.89. The second kappa shape index (κ2) is 6.70. The number of nitro benzene ring substituents is 2. The molecule has 2 rings (SSSR count). The Morgan fingerprint density at radius 2 is 1.04 bits per heavy atom. The monoisotopic (exact) mass is 374 g/mol. The highest BCUT2D eigenvalue weighted by atomic mass is 35.6. The maximum absolute atomic E-state index is 10.7. The Bertz CT molecular complexity index is 670. The summed E-state index contributed by atoms with van der Waals surface area (Å²) in [7, 11) is 0. The third kappa shape index (κ3) is 4.10. The van der Waals surface area contributed by atoms with Gasteiger partial charge in [0.05, 0.1) is 15.8 Å². The standard InChI is InChI=1S/C14H9Cl3N2O4/c15-14(16,17)13(9-1-5-11(6-2-9)18(20)21)10-3-7-12(8-4-10)19(22)23/h1-8,13H. The molecule has 120 valence electrons. The maximum Gasteiger partial charge on any atom is 0.269 e. The zero-order chi connectivity index (χ0) is 17.2. The molecule has 0 amide bonds. The quantitative estimate of drug-likeness (QED) is 0.427. The molecular weight excluding hydrogens is 367 g/mol. The first-order valence-corrected chi connectivity index (χ1v) is 7.39. The normalized spacial score (nSPS) is 11.5. The first kappa shape index (κ1) is 17.5. The number of alkyl halides is 3. The molecule has 0 spiro atoms. The van der Waals surface area contributed by atoms with Gasteiger partial charge >= 0.3 is 0 Å². The molecule has 0 fully saturated rings. The minimum atomic E-state index is -1.73. The summed E-state index contributed by atoms with van der Waals surface area (Å²) in [5, 5.41) is 21.4. The Labute approximate surface area is 145 Å². The molecule has 0 unspecified atom stereocenters. The molecule has 0 aromatic heterocycles. The van der Waals surface area contributed by atoms with Gasteiger partial charge < -0.3 is 0 Å². The molecule has 2 aromatic carbocycles. The molecule has 0 radical (unpaired) electrons. The molecule has 0 heterocycles. The van der Waals surface area contributed by atoms with Crippen molar-refractivity contribution in [3.05, 3.63) is 79.9 Å². The molecular formula is C14H9Cl3N2O4. The molecule has 0 N–H and O–H groups in total. The van der Waals surface area contributed by atoms with Crippen molar-refractivity contribution in [3.8, 4) is 0 Å². The van der Waals surface area contributed by atoms with E-state index in [2.05, 4.69) is 0 Å². The number of benzene rings is 2. The molecule has 0 atom stereocenters. The molecule has 23 heavy (non-hydrogen) atoms. The van der Waals surface area contributed by atoms with Crippen molar-refractivity contribution in [1.29, 1.82) is 0 Å². The molecule has 0 saturated heterocycles. The average molecular weight is 376 g/mol. The van der Waals surface area contributed by atoms with Crippen molar-refractivity contribution < 1.29 is 9.85 Å². The fourth-order valence-corrected chi connectivity index (χ4v) is 2.90. The van der Waals surface area contributed by atoms with E-state index in [9.17, 15) is 20.2 Å². The molecule has 6 nitrogen and oxygen atoms in total. The van der Waals surface area contributed by atoms with Crippen molar-refractivity contribution in [2.75, 3.05) is 0 Å². The van der Waals surface area contributed by atoms with Gasteiger partial charge in [0.2, 0.25) is 3.79 Å². The van der Waals surface area contributed by atoms with Crippen LogP contribution < -0.4 is 0 Å². The highest BCUT2D eigenvalue weighted by Crippen LogP contribution is 2.46. The summed E-state index contributed by atoms with van der Waals surface area (Å²) in [6.45, 7) is 0. The molecule has 0 saturated carbocycles. The minimum Gasteiger partial charge on any atom is -0.258 e. The lowest BCUT2D eigenvalue weighted by atomic mass is 9.92. The number of hydrogen-bond donors (Lipinski definition) is 0. The molecule has 9 heteroatoms. The van der Waals surface area contributed by atoms with Crippen LogP contribution in [0.3, 0.4) is 0 Å². The van der Waals surface area contributed by atoms with Crippen LogP contribution in [-0.4, -0.2) is 13.6 Å². The van der Waals surface area contributed by atoms with Gasteiger partial charge in [-0.3, -0.25) is 20.2 Å². The maximum atomic E-state index is 10.7. The van der Waals surface area contributed by atoms with Crippen molar-refractivity contribution in [3.63, 3.8) is 0 Å². The summed E-state index contributed by atoms with van der Waals surface area (Å²) >= 11 is 18.1. The lowest BCUT2D eigenvalue weighted by molar-refractivity contribution is -0.385. The van der Waals surface area contributed by atoms with E-state index in [1.165, 1.54) is 48.5 Å². The van der Waals surface area contributed by atoms with Crippen LogP contribution in [0.4, 0.5) is 11.4 Å². The number of rotatable bonds is 4. The van der Waals surface area contributed by atoms with E-state index in [0.717, 1.165) is 0 Å². The number of hydrogen-bond acceptors (Lipinski definition) is 4. The van der Waals surface area contributed by atoms with Crippen LogP contribution in [0.15, 0.2) is 48.5 Å². The summed E-state index contributed by atoms with van der Waals surface area (Å²) in [5.74, 6) is -0.728. The van der Waals surface area contributed by atoms with E-state index >= 15 is 0 Å². The zero-order valence-corrected chi connectivity index (χ0v) is 13.6. The Morgan fingerprint density at radius 1 is 0.739 bits per heavy atom. The van der Waals surface area contributed by atoms with E-state index in [1.54, 1.807) is 0 Å². The number of nitro groups is 2. The van der Waals surface area contributed by atoms with Gasteiger partial charge in [-0.25, -0.2) is 0 Å². The highest BCUT2D eigenvalue weighted by molar-refractivity contribution is 6.68. The van der Waals surface area contributed by atoms with Gasteiger partial charge in [0.15, 0.2) is 0 Å². The molecule has 0 aliphatic carbocycles. The van der Waals surface area contributed by atoms with E-state index in [0.29, 0.717) is 11.1 Å². The molecule has 0 aliphatic heterocycles. The van der Waals surface area contributed by atoms with Crippen LogP contribution >= 0.6 is 34.8 Å². The molecule has 0 aliphatic rings. The lowest BCUT2D eigenvalue weighted by Crippen LogP contribution is -2.18. The van der Waals surface area contributed by atoms with Gasteiger partial charge in [0, 0.05) is 24.3 Å². The van der Waals surface area contributed by atoms with E-state index in [1.807, 2.05) is 0 Å². The van der Waals surface area contributed by atoms with Crippen LogP contribution in [0.5, 0.6) is 0 Å². The largest absolute Gasteiger partial charge is 0.269 e. The van der Waals surface area contributed by atoms with Gasteiger partial charge in [-0.15, -0.1) is 0 Å². The SMILES string of the molecule is O=[N+]([O-])c1ccc(C(c2ccc([N+](=O)[O-])cc2)C(Cl)(Cl)Cl)cc1. The first-order valence-electron chi connectivity index (χ1n) is 6.25. The van der Waals surface area contributed by atoms with Crippen molar-refractivity contribution in [2.45, 2.75) is 9.71 Å².